The maximum absolute atomic E-state index is 4.85. The standard InChI is InChI=1S/C16H24N4/c1-16(2,3)10-14-18-13-6-5-8-17-15(13)20(14)12-7-9-19(4)11-12/h5-6,8,12H,7,9-11H2,1-4H3. The number of hydrogen-bond acceptors (Lipinski definition) is 3. The van der Waals surface area contributed by atoms with Crippen molar-refractivity contribution in [3.05, 3.63) is 24.2 Å². The Morgan fingerprint density at radius 3 is 2.80 bits per heavy atom. The highest BCUT2D eigenvalue weighted by Gasteiger charge is 2.27. The van der Waals surface area contributed by atoms with Crippen molar-refractivity contribution in [3.8, 4) is 0 Å². The molecule has 0 aromatic carbocycles. The predicted octanol–water partition coefficient (Wildman–Crippen LogP) is 2.90. The Bertz CT molecular complexity index is 608. The molecule has 0 saturated carbocycles. The monoisotopic (exact) mass is 272 g/mol. The molecule has 0 amide bonds. The van der Waals surface area contributed by atoms with Crippen LogP contribution in [-0.2, 0) is 6.42 Å². The number of hydrogen-bond donors (Lipinski definition) is 0. The summed E-state index contributed by atoms with van der Waals surface area (Å²) in [5.74, 6) is 1.19. The third-order valence-electron chi connectivity index (χ3n) is 3.94. The molecular formula is C16H24N4. The average molecular weight is 272 g/mol. The Hall–Kier alpha value is -1.42. The van der Waals surface area contributed by atoms with Crippen LogP contribution in [0.25, 0.3) is 11.2 Å². The normalized spacial score (nSPS) is 20.9. The summed E-state index contributed by atoms with van der Waals surface area (Å²) in [4.78, 5) is 11.8. The summed E-state index contributed by atoms with van der Waals surface area (Å²) >= 11 is 0. The number of imidazole rings is 1. The van der Waals surface area contributed by atoms with Gasteiger partial charge in [-0.05, 0) is 37.6 Å². The SMILES string of the molecule is CN1CCC(n2c(CC(C)(C)C)nc3cccnc32)C1. The van der Waals surface area contributed by atoms with Crippen molar-refractivity contribution in [1.82, 2.24) is 19.4 Å². The van der Waals surface area contributed by atoms with Gasteiger partial charge in [-0.15, -0.1) is 0 Å². The Morgan fingerprint density at radius 1 is 1.35 bits per heavy atom. The minimum Gasteiger partial charge on any atom is -0.308 e. The van der Waals surface area contributed by atoms with Crippen LogP contribution in [0.3, 0.4) is 0 Å². The third kappa shape index (κ3) is 2.57. The second kappa shape index (κ2) is 4.85. The van der Waals surface area contributed by atoms with Crippen LogP contribution in [-0.4, -0.2) is 39.6 Å². The molecule has 1 unspecified atom stereocenters. The van der Waals surface area contributed by atoms with E-state index in [4.69, 9.17) is 4.98 Å². The summed E-state index contributed by atoms with van der Waals surface area (Å²) < 4.78 is 2.39. The molecule has 1 saturated heterocycles. The van der Waals surface area contributed by atoms with Crippen molar-refractivity contribution in [1.29, 1.82) is 0 Å². The zero-order chi connectivity index (χ0) is 14.3. The molecule has 2 aromatic heterocycles. The van der Waals surface area contributed by atoms with Crippen LogP contribution >= 0.6 is 0 Å². The van der Waals surface area contributed by atoms with Crippen molar-refractivity contribution in [2.24, 2.45) is 5.41 Å². The van der Waals surface area contributed by atoms with Gasteiger partial charge in [-0.3, -0.25) is 0 Å². The van der Waals surface area contributed by atoms with E-state index in [1.807, 2.05) is 12.3 Å². The minimum atomic E-state index is 0.240. The molecule has 0 N–H and O–H groups in total. The number of aromatic nitrogens is 3. The molecule has 0 spiro atoms. The first-order chi connectivity index (χ1) is 9.44. The molecule has 4 nitrogen and oxygen atoms in total. The number of nitrogens with zero attached hydrogens (tertiary/aromatic N) is 4. The molecule has 108 valence electrons. The maximum Gasteiger partial charge on any atom is 0.160 e. The lowest BCUT2D eigenvalue weighted by Crippen LogP contribution is -2.20. The molecule has 0 bridgehead atoms. The van der Waals surface area contributed by atoms with Crippen LogP contribution in [0.1, 0.15) is 39.1 Å². The molecule has 20 heavy (non-hydrogen) atoms. The van der Waals surface area contributed by atoms with E-state index >= 15 is 0 Å². The Balaban J connectivity index is 2.08. The van der Waals surface area contributed by atoms with Gasteiger partial charge in [0, 0.05) is 19.2 Å². The molecular weight excluding hydrogens is 248 g/mol. The Labute approximate surface area is 120 Å². The third-order valence-corrected chi connectivity index (χ3v) is 3.94. The molecule has 4 heteroatoms. The number of likely N-dealkylation sites (N-methyl/N-ethyl adjacent to an activating group) is 1. The van der Waals surface area contributed by atoms with Crippen LogP contribution < -0.4 is 0 Å². The van der Waals surface area contributed by atoms with E-state index < -0.39 is 0 Å². The van der Waals surface area contributed by atoms with Gasteiger partial charge in [-0.2, -0.15) is 0 Å². The summed E-state index contributed by atoms with van der Waals surface area (Å²) in [7, 11) is 2.19. The zero-order valence-electron chi connectivity index (χ0n) is 12.9. The lowest BCUT2D eigenvalue weighted by atomic mass is 9.92. The van der Waals surface area contributed by atoms with Gasteiger partial charge >= 0.3 is 0 Å². The van der Waals surface area contributed by atoms with Crippen molar-refractivity contribution in [2.45, 2.75) is 39.7 Å². The molecule has 0 radical (unpaired) electrons. The minimum absolute atomic E-state index is 0.240. The van der Waals surface area contributed by atoms with Crippen LogP contribution in [0.15, 0.2) is 18.3 Å². The first-order valence-electron chi connectivity index (χ1n) is 7.44. The lowest BCUT2D eigenvalue weighted by molar-refractivity contribution is 0.368. The first-order valence-corrected chi connectivity index (χ1v) is 7.44. The summed E-state index contributed by atoms with van der Waals surface area (Å²) in [5.41, 5.74) is 2.32. The van der Waals surface area contributed by atoms with Gasteiger partial charge in [-0.25, -0.2) is 9.97 Å². The molecule has 1 fully saturated rings. The van der Waals surface area contributed by atoms with Gasteiger partial charge in [0.25, 0.3) is 0 Å². The molecule has 1 aliphatic rings. The Kier molecular flexibility index (Phi) is 3.28. The van der Waals surface area contributed by atoms with Crippen molar-refractivity contribution in [2.75, 3.05) is 20.1 Å². The number of fused-ring (bicyclic) bond motifs is 1. The van der Waals surface area contributed by atoms with E-state index in [2.05, 4.69) is 48.3 Å². The molecule has 0 aliphatic carbocycles. The van der Waals surface area contributed by atoms with Gasteiger partial charge in [-0.1, -0.05) is 20.8 Å². The van der Waals surface area contributed by atoms with Gasteiger partial charge in [0.1, 0.15) is 11.3 Å². The van der Waals surface area contributed by atoms with E-state index in [9.17, 15) is 0 Å². The maximum atomic E-state index is 4.85. The summed E-state index contributed by atoms with van der Waals surface area (Å²) in [6.07, 6.45) is 4.05. The number of pyridine rings is 1. The smallest absolute Gasteiger partial charge is 0.160 e. The average Bonchev–Trinajstić information content (AvgIpc) is 2.90. The Morgan fingerprint density at radius 2 is 2.15 bits per heavy atom. The zero-order valence-corrected chi connectivity index (χ0v) is 12.9. The van der Waals surface area contributed by atoms with Gasteiger partial charge < -0.3 is 9.47 Å². The van der Waals surface area contributed by atoms with Crippen molar-refractivity contribution in [3.63, 3.8) is 0 Å². The molecule has 3 heterocycles. The second-order valence-corrected chi connectivity index (χ2v) is 7.19. The van der Waals surface area contributed by atoms with E-state index in [1.54, 1.807) is 0 Å². The predicted molar refractivity (Wildman–Crippen MR) is 81.8 cm³/mol. The van der Waals surface area contributed by atoms with Crippen LogP contribution in [0, 0.1) is 5.41 Å². The number of rotatable bonds is 2. The molecule has 1 aliphatic heterocycles. The summed E-state index contributed by atoms with van der Waals surface area (Å²) in [6, 6.07) is 4.56. The van der Waals surface area contributed by atoms with Crippen molar-refractivity contribution >= 4 is 11.2 Å². The molecule has 2 aromatic rings. The fourth-order valence-electron chi connectivity index (χ4n) is 3.08. The quantitative estimate of drug-likeness (QED) is 0.843. The highest BCUT2D eigenvalue weighted by atomic mass is 15.2. The fourth-order valence-corrected chi connectivity index (χ4v) is 3.08. The van der Waals surface area contributed by atoms with E-state index in [-0.39, 0.29) is 5.41 Å². The van der Waals surface area contributed by atoms with Gasteiger partial charge in [0.15, 0.2) is 5.65 Å². The lowest BCUT2D eigenvalue weighted by Gasteiger charge is -2.21. The fraction of sp³-hybridized carbons (Fsp3) is 0.625. The van der Waals surface area contributed by atoms with E-state index in [1.165, 1.54) is 12.2 Å². The summed E-state index contributed by atoms with van der Waals surface area (Å²) in [5, 5.41) is 0. The van der Waals surface area contributed by atoms with E-state index in [0.717, 1.165) is 30.7 Å². The van der Waals surface area contributed by atoms with Crippen LogP contribution in [0.5, 0.6) is 0 Å². The second-order valence-electron chi connectivity index (χ2n) is 7.19. The molecule has 1 atom stereocenters. The number of likely N-dealkylation sites (tertiary alicyclic amines) is 1. The van der Waals surface area contributed by atoms with Crippen molar-refractivity contribution < 1.29 is 0 Å². The van der Waals surface area contributed by atoms with Gasteiger partial charge in [0.05, 0.1) is 6.04 Å². The first kappa shape index (κ1) is 13.6. The van der Waals surface area contributed by atoms with Crippen LogP contribution in [0.2, 0.25) is 0 Å². The topological polar surface area (TPSA) is 34.0 Å². The van der Waals surface area contributed by atoms with Gasteiger partial charge in [0.2, 0.25) is 0 Å². The van der Waals surface area contributed by atoms with Crippen LogP contribution in [0.4, 0.5) is 0 Å². The molecule has 3 rings (SSSR count). The van der Waals surface area contributed by atoms with E-state index in [0.29, 0.717) is 6.04 Å². The summed E-state index contributed by atoms with van der Waals surface area (Å²) in [6.45, 7) is 9.06. The largest absolute Gasteiger partial charge is 0.308 e. The highest BCUT2D eigenvalue weighted by molar-refractivity contribution is 5.71. The highest BCUT2D eigenvalue weighted by Crippen LogP contribution is 2.29.